The molecule has 1 aliphatic carbocycles. The molecule has 0 bridgehead atoms. The number of nitrogens with zero attached hydrogens (tertiary/aromatic N) is 4. The molecular formula is C22H22N4O. The SMILES string of the molecule is Cc1ncnc2c1ccn2C1CCC(OCc2ccc3cccnc3c2)C1. The smallest absolute Gasteiger partial charge is 0.143 e. The van der Waals surface area contributed by atoms with Gasteiger partial charge in [-0.2, -0.15) is 0 Å². The van der Waals surface area contributed by atoms with Crippen molar-refractivity contribution in [1.82, 2.24) is 19.5 Å². The average molecular weight is 358 g/mol. The highest BCUT2D eigenvalue weighted by Gasteiger charge is 2.27. The van der Waals surface area contributed by atoms with Crippen molar-refractivity contribution >= 4 is 21.9 Å². The molecule has 1 aliphatic rings. The fourth-order valence-electron chi connectivity index (χ4n) is 4.13. The van der Waals surface area contributed by atoms with Gasteiger partial charge < -0.3 is 9.30 Å². The maximum atomic E-state index is 6.23. The molecule has 4 aromatic rings. The molecule has 5 rings (SSSR count). The minimum absolute atomic E-state index is 0.287. The van der Waals surface area contributed by atoms with Crippen molar-refractivity contribution in [3.63, 3.8) is 0 Å². The van der Waals surface area contributed by atoms with E-state index in [9.17, 15) is 0 Å². The summed E-state index contributed by atoms with van der Waals surface area (Å²) < 4.78 is 8.53. The zero-order chi connectivity index (χ0) is 18.2. The Balaban J connectivity index is 1.27. The molecule has 27 heavy (non-hydrogen) atoms. The molecule has 5 heteroatoms. The molecule has 3 heterocycles. The highest BCUT2D eigenvalue weighted by atomic mass is 16.5. The zero-order valence-electron chi connectivity index (χ0n) is 15.4. The molecule has 2 atom stereocenters. The first-order chi connectivity index (χ1) is 13.3. The summed E-state index contributed by atoms with van der Waals surface area (Å²) >= 11 is 0. The van der Waals surface area contributed by atoms with Crippen LogP contribution >= 0.6 is 0 Å². The number of aryl methyl sites for hydroxylation is 1. The first kappa shape index (κ1) is 16.4. The van der Waals surface area contributed by atoms with Gasteiger partial charge in [-0.3, -0.25) is 4.98 Å². The quantitative estimate of drug-likeness (QED) is 0.535. The topological polar surface area (TPSA) is 52.8 Å². The summed E-state index contributed by atoms with van der Waals surface area (Å²) in [7, 11) is 0. The van der Waals surface area contributed by atoms with Crippen molar-refractivity contribution in [2.45, 2.75) is 44.9 Å². The summed E-state index contributed by atoms with van der Waals surface area (Å²) in [6, 6.07) is 13.0. The fraction of sp³-hybridized carbons (Fsp3) is 0.318. The average Bonchev–Trinajstić information content (AvgIpc) is 3.33. The van der Waals surface area contributed by atoms with Gasteiger partial charge in [-0.15, -0.1) is 0 Å². The number of aromatic nitrogens is 4. The van der Waals surface area contributed by atoms with Gasteiger partial charge in [-0.1, -0.05) is 18.2 Å². The number of hydrogen-bond donors (Lipinski definition) is 0. The molecule has 0 spiro atoms. The van der Waals surface area contributed by atoms with Crippen LogP contribution in [0.15, 0.2) is 55.1 Å². The Morgan fingerprint density at radius 3 is 3.04 bits per heavy atom. The van der Waals surface area contributed by atoms with Crippen LogP contribution in [0.2, 0.25) is 0 Å². The van der Waals surface area contributed by atoms with Gasteiger partial charge in [0.25, 0.3) is 0 Å². The Labute approximate surface area is 158 Å². The lowest BCUT2D eigenvalue weighted by atomic mass is 10.1. The second-order valence-corrected chi connectivity index (χ2v) is 7.35. The summed E-state index contributed by atoms with van der Waals surface area (Å²) in [6.45, 7) is 2.67. The van der Waals surface area contributed by atoms with E-state index in [4.69, 9.17) is 4.74 Å². The first-order valence-electron chi connectivity index (χ1n) is 9.51. The van der Waals surface area contributed by atoms with Gasteiger partial charge in [0.15, 0.2) is 0 Å². The van der Waals surface area contributed by atoms with Crippen molar-refractivity contribution in [1.29, 1.82) is 0 Å². The Morgan fingerprint density at radius 2 is 2.07 bits per heavy atom. The predicted octanol–water partition coefficient (Wildman–Crippen LogP) is 4.60. The molecule has 1 aromatic carbocycles. The van der Waals surface area contributed by atoms with E-state index < -0.39 is 0 Å². The highest BCUT2D eigenvalue weighted by molar-refractivity contribution is 5.79. The highest BCUT2D eigenvalue weighted by Crippen LogP contribution is 2.34. The maximum absolute atomic E-state index is 6.23. The molecular weight excluding hydrogens is 336 g/mol. The third kappa shape index (κ3) is 3.08. The standard InChI is InChI=1S/C22H22N4O/c1-15-20-8-10-26(22(20)25-14-24-15)18-6-7-19(12-18)27-13-16-4-5-17-3-2-9-23-21(17)11-16/h2-5,8-11,14,18-19H,6-7,12-13H2,1H3. The second kappa shape index (κ2) is 6.74. The Bertz CT molecular complexity index is 1100. The molecule has 136 valence electrons. The third-order valence-corrected chi connectivity index (χ3v) is 5.61. The van der Waals surface area contributed by atoms with Crippen LogP contribution in [0.4, 0.5) is 0 Å². The van der Waals surface area contributed by atoms with Crippen LogP contribution in [0.25, 0.3) is 21.9 Å². The normalized spacial score (nSPS) is 19.9. The maximum Gasteiger partial charge on any atom is 0.143 e. The van der Waals surface area contributed by atoms with E-state index in [1.165, 1.54) is 10.9 Å². The van der Waals surface area contributed by atoms with E-state index in [1.54, 1.807) is 6.33 Å². The summed E-state index contributed by atoms with van der Waals surface area (Å²) in [5, 5.41) is 2.31. The molecule has 3 aromatic heterocycles. The van der Waals surface area contributed by atoms with Gasteiger partial charge in [-0.05, 0) is 49.9 Å². The summed E-state index contributed by atoms with van der Waals surface area (Å²) in [5.74, 6) is 0. The largest absolute Gasteiger partial charge is 0.373 e. The molecule has 1 saturated carbocycles. The molecule has 0 saturated heterocycles. The summed E-state index contributed by atoms with van der Waals surface area (Å²) in [4.78, 5) is 13.2. The number of hydrogen-bond acceptors (Lipinski definition) is 4. The molecule has 0 N–H and O–H groups in total. The Hall–Kier alpha value is -2.79. The van der Waals surface area contributed by atoms with Crippen molar-refractivity contribution in [3.05, 3.63) is 66.4 Å². The van der Waals surface area contributed by atoms with Crippen molar-refractivity contribution in [2.24, 2.45) is 0 Å². The van der Waals surface area contributed by atoms with Gasteiger partial charge in [0.2, 0.25) is 0 Å². The van der Waals surface area contributed by atoms with Gasteiger partial charge in [0.05, 0.1) is 23.9 Å². The number of fused-ring (bicyclic) bond motifs is 2. The van der Waals surface area contributed by atoms with Crippen LogP contribution in [-0.2, 0) is 11.3 Å². The van der Waals surface area contributed by atoms with Gasteiger partial charge in [0.1, 0.15) is 12.0 Å². The fourth-order valence-corrected chi connectivity index (χ4v) is 4.13. The number of rotatable bonds is 4. The van der Waals surface area contributed by atoms with E-state index in [2.05, 4.69) is 56.0 Å². The van der Waals surface area contributed by atoms with Crippen molar-refractivity contribution < 1.29 is 4.74 Å². The van der Waals surface area contributed by atoms with Crippen molar-refractivity contribution in [3.8, 4) is 0 Å². The van der Waals surface area contributed by atoms with Crippen LogP contribution in [-0.4, -0.2) is 25.6 Å². The van der Waals surface area contributed by atoms with E-state index >= 15 is 0 Å². The predicted molar refractivity (Wildman–Crippen MR) is 105 cm³/mol. The second-order valence-electron chi connectivity index (χ2n) is 7.35. The van der Waals surface area contributed by atoms with E-state index in [1.807, 2.05) is 19.2 Å². The minimum atomic E-state index is 0.287. The van der Waals surface area contributed by atoms with Crippen molar-refractivity contribution in [2.75, 3.05) is 0 Å². The van der Waals surface area contributed by atoms with Gasteiger partial charge in [-0.25, -0.2) is 9.97 Å². The lowest BCUT2D eigenvalue weighted by molar-refractivity contribution is 0.0434. The summed E-state index contributed by atoms with van der Waals surface area (Å²) in [6.07, 6.45) is 9.16. The lowest BCUT2D eigenvalue weighted by Crippen LogP contribution is -2.11. The summed E-state index contributed by atoms with van der Waals surface area (Å²) in [5.41, 5.74) is 4.28. The molecule has 0 radical (unpaired) electrons. The van der Waals surface area contributed by atoms with Gasteiger partial charge in [0, 0.05) is 29.2 Å². The first-order valence-corrected chi connectivity index (χ1v) is 9.51. The van der Waals surface area contributed by atoms with E-state index in [-0.39, 0.29) is 6.10 Å². The minimum Gasteiger partial charge on any atom is -0.373 e. The van der Waals surface area contributed by atoms with Crippen LogP contribution in [0, 0.1) is 6.92 Å². The number of pyridine rings is 1. The monoisotopic (exact) mass is 358 g/mol. The molecule has 5 nitrogen and oxygen atoms in total. The third-order valence-electron chi connectivity index (χ3n) is 5.61. The number of ether oxygens (including phenoxy) is 1. The van der Waals surface area contributed by atoms with E-state index in [0.29, 0.717) is 12.6 Å². The molecule has 0 aliphatic heterocycles. The molecule has 0 amide bonds. The van der Waals surface area contributed by atoms with Crippen LogP contribution in [0.3, 0.4) is 0 Å². The van der Waals surface area contributed by atoms with Crippen LogP contribution < -0.4 is 0 Å². The number of benzene rings is 1. The molecule has 2 unspecified atom stereocenters. The van der Waals surface area contributed by atoms with Gasteiger partial charge >= 0.3 is 0 Å². The van der Waals surface area contributed by atoms with E-state index in [0.717, 1.165) is 41.5 Å². The van der Waals surface area contributed by atoms with Crippen LogP contribution in [0.1, 0.15) is 36.6 Å². The molecule has 1 fully saturated rings. The zero-order valence-corrected chi connectivity index (χ0v) is 15.4. The Kier molecular flexibility index (Phi) is 4.09. The van der Waals surface area contributed by atoms with Crippen LogP contribution in [0.5, 0.6) is 0 Å². The Morgan fingerprint density at radius 1 is 1.11 bits per heavy atom. The lowest BCUT2D eigenvalue weighted by Gasteiger charge is -2.15.